The van der Waals surface area contributed by atoms with Crippen molar-refractivity contribution in [1.29, 1.82) is 0 Å². The normalized spacial score (nSPS) is 10.9. The molecule has 1 N–H and O–H groups in total. The Kier molecular flexibility index (Phi) is 7.66. The van der Waals surface area contributed by atoms with Crippen LogP contribution in [0.15, 0.2) is 63.6 Å². The van der Waals surface area contributed by atoms with Crippen molar-refractivity contribution in [1.82, 2.24) is 9.78 Å². The van der Waals surface area contributed by atoms with Gasteiger partial charge in [0.2, 0.25) is 0 Å². The van der Waals surface area contributed by atoms with Gasteiger partial charge in [-0.3, -0.25) is 19.6 Å². The Morgan fingerprint density at radius 3 is 2.66 bits per heavy atom. The van der Waals surface area contributed by atoms with Crippen LogP contribution in [0, 0.1) is 10.1 Å². The highest BCUT2D eigenvalue weighted by Gasteiger charge is 2.17. The van der Waals surface area contributed by atoms with Gasteiger partial charge in [0, 0.05) is 28.4 Å². The van der Waals surface area contributed by atoms with E-state index in [2.05, 4.69) is 26.3 Å². The van der Waals surface area contributed by atoms with Gasteiger partial charge in [0.15, 0.2) is 11.6 Å². The van der Waals surface area contributed by atoms with Gasteiger partial charge in [-0.1, -0.05) is 40.9 Å². The van der Waals surface area contributed by atoms with Gasteiger partial charge < -0.3 is 14.5 Å². The lowest BCUT2D eigenvalue weighted by atomic mass is 10.2. The summed E-state index contributed by atoms with van der Waals surface area (Å²) in [5.41, 5.74) is 0.664. The van der Waals surface area contributed by atoms with Gasteiger partial charge in [0.1, 0.15) is 18.1 Å². The number of hydrogen-bond acceptors (Lipinski definition) is 6. The van der Waals surface area contributed by atoms with E-state index in [0.29, 0.717) is 32.6 Å². The number of ether oxygens (including phenoxy) is 1. The summed E-state index contributed by atoms with van der Waals surface area (Å²) < 4.78 is 13.3. The first kappa shape index (κ1) is 25.1. The highest BCUT2D eigenvalue weighted by atomic mass is 79.9. The van der Waals surface area contributed by atoms with E-state index in [-0.39, 0.29) is 28.8 Å². The van der Waals surface area contributed by atoms with E-state index in [1.807, 2.05) is 0 Å². The Balaban J connectivity index is 1.38. The highest BCUT2D eigenvalue weighted by Crippen LogP contribution is 2.30. The molecule has 2 aromatic heterocycles. The Morgan fingerprint density at radius 2 is 1.94 bits per heavy atom. The number of hydrogen-bond donors (Lipinski definition) is 1. The van der Waals surface area contributed by atoms with Crippen molar-refractivity contribution < 1.29 is 18.9 Å². The maximum absolute atomic E-state index is 12.6. The highest BCUT2D eigenvalue weighted by molar-refractivity contribution is 9.10. The van der Waals surface area contributed by atoms with Crippen molar-refractivity contribution in [2.45, 2.75) is 13.2 Å². The van der Waals surface area contributed by atoms with Gasteiger partial charge >= 0.3 is 0 Å². The average molecular weight is 601 g/mol. The monoisotopic (exact) mass is 598 g/mol. The van der Waals surface area contributed by atoms with E-state index >= 15 is 0 Å². The molecule has 1 amide bonds. The molecule has 0 fully saturated rings. The molecule has 0 aliphatic carbocycles. The van der Waals surface area contributed by atoms with E-state index in [0.717, 1.165) is 5.56 Å². The number of amides is 1. The van der Waals surface area contributed by atoms with Crippen LogP contribution >= 0.6 is 50.7 Å². The number of rotatable bonds is 8. The number of nitrogens with zero attached hydrogens (tertiary/aromatic N) is 3. The number of furan rings is 1. The molecule has 0 aliphatic rings. The van der Waals surface area contributed by atoms with Crippen LogP contribution in [0.1, 0.15) is 21.9 Å². The summed E-state index contributed by atoms with van der Waals surface area (Å²) in [5, 5.41) is 19.0. The molecule has 180 valence electrons. The lowest BCUT2D eigenvalue weighted by Crippen LogP contribution is -2.12. The molecule has 13 heteroatoms. The van der Waals surface area contributed by atoms with Gasteiger partial charge in [-0.25, -0.2) is 0 Å². The van der Waals surface area contributed by atoms with Crippen LogP contribution in [0.4, 0.5) is 11.5 Å². The number of halogens is 4. The number of carbonyl (C=O) groups excluding carboxylic acids is 1. The lowest BCUT2D eigenvalue weighted by Gasteiger charge is -2.06. The first-order chi connectivity index (χ1) is 16.7. The summed E-state index contributed by atoms with van der Waals surface area (Å²) in [7, 11) is 0. The van der Waals surface area contributed by atoms with Gasteiger partial charge in [-0.15, -0.1) is 0 Å². The first-order valence-corrected chi connectivity index (χ1v) is 11.8. The van der Waals surface area contributed by atoms with E-state index in [4.69, 9.17) is 44.0 Å². The summed E-state index contributed by atoms with van der Waals surface area (Å²) in [4.78, 5) is 22.9. The number of aromatic nitrogens is 2. The van der Waals surface area contributed by atoms with Crippen molar-refractivity contribution >= 4 is 68.1 Å². The molecular formula is C22H14BrCl3N4O5. The Hall–Kier alpha value is -3.05. The minimum atomic E-state index is -0.554. The second-order valence-electron chi connectivity index (χ2n) is 7.14. The quantitative estimate of drug-likeness (QED) is 0.172. The van der Waals surface area contributed by atoms with Crippen LogP contribution < -0.4 is 10.1 Å². The fraction of sp³-hybridized carbons (Fsp3) is 0.0909. The molecule has 0 bridgehead atoms. The second-order valence-corrected chi connectivity index (χ2v) is 9.24. The van der Waals surface area contributed by atoms with Gasteiger partial charge in [0.05, 0.1) is 21.0 Å². The van der Waals surface area contributed by atoms with Gasteiger partial charge in [-0.2, -0.15) is 5.10 Å². The molecule has 9 nitrogen and oxygen atoms in total. The zero-order valence-corrected chi connectivity index (χ0v) is 21.4. The number of non-ortho nitro benzene ring substituents is 1. The zero-order valence-electron chi connectivity index (χ0n) is 17.5. The van der Waals surface area contributed by atoms with Crippen molar-refractivity contribution in [3.05, 3.63) is 101 Å². The van der Waals surface area contributed by atoms with E-state index in [9.17, 15) is 14.9 Å². The number of nitro benzene ring substituents is 1. The van der Waals surface area contributed by atoms with E-state index < -0.39 is 10.8 Å². The molecule has 35 heavy (non-hydrogen) atoms. The fourth-order valence-corrected chi connectivity index (χ4v) is 4.12. The van der Waals surface area contributed by atoms with E-state index in [1.165, 1.54) is 24.3 Å². The minimum absolute atomic E-state index is 0.0367. The van der Waals surface area contributed by atoms with Crippen LogP contribution in [0.2, 0.25) is 15.1 Å². The molecule has 4 aromatic rings. The molecule has 4 rings (SSSR count). The van der Waals surface area contributed by atoms with Crippen molar-refractivity contribution in [2.24, 2.45) is 0 Å². The first-order valence-electron chi connectivity index (χ1n) is 9.83. The smallest absolute Gasteiger partial charge is 0.292 e. The predicted molar refractivity (Wildman–Crippen MR) is 135 cm³/mol. The average Bonchev–Trinajstić information content (AvgIpc) is 3.41. The van der Waals surface area contributed by atoms with E-state index in [1.54, 1.807) is 35.1 Å². The van der Waals surface area contributed by atoms with Crippen molar-refractivity contribution in [3.63, 3.8) is 0 Å². The number of anilines is 1. The largest absolute Gasteiger partial charge is 0.484 e. The molecule has 0 unspecified atom stereocenters. The minimum Gasteiger partial charge on any atom is -0.484 e. The summed E-state index contributed by atoms with van der Waals surface area (Å²) in [6.07, 6.45) is 1.70. The number of benzene rings is 2. The maximum atomic E-state index is 12.6. The fourth-order valence-electron chi connectivity index (χ4n) is 3.00. The van der Waals surface area contributed by atoms with Crippen LogP contribution in [-0.4, -0.2) is 20.6 Å². The predicted octanol–water partition coefficient (Wildman–Crippen LogP) is 6.99. The second kappa shape index (κ2) is 10.7. The summed E-state index contributed by atoms with van der Waals surface area (Å²) in [6, 6.07) is 12.1. The number of nitrogens with one attached hydrogen (secondary N) is 1. The maximum Gasteiger partial charge on any atom is 0.292 e. The third kappa shape index (κ3) is 6.15. The summed E-state index contributed by atoms with van der Waals surface area (Å²) in [6.45, 7) is 0.336. The topological polar surface area (TPSA) is 112 Å². The molecular weight excluding hydrogens is 587 g/mol. The van der Waals surface area contributed by atoms with Gasteiger partial charge in [-0.05, 0) is 51.8 Å². The molecule has 0 spiro atoms. The van der Waals surface area contributed by atoms with Crippen LogP contribution in [0.25, 0.3) is 0 Å². The lowest BCUT2D eigenvalue weighted by molar-refractivity contribution is -0.384. The molecule has 0 atom stereocenters. The summed E-state index contributed by atoms with van der Waals surface area (Å²) in [5.74, 6) is 0.425. The standard InChI is InChI=1S/C22H14BrCl3N4O5/c23-16-10-29(9-12-1-2-13(24)7-17(12)25)28-21(16)27-22(31)20-6-4-15(35-20)11-34-19-5-3-14(30(32)33)8-18(19)26/h1-8,10H,9,11H2,(H,27,28,31). The third-order valence-corrected chi connectivity index (χ3v) is 6.14. The van der Waals surface area contributed by atoms with Crippen LogP contribution in [0.5, 0.6) is 5.75 Å². The number of carbonyl (C=O) groups is 1. The Bertz CT molecular complexity index is 1420. The molecule has 2 heterocycles. The van der Waals surface area contributed by atoms with Crippen molar-refractivity contribution in [2.75, 3.05) is 5.32 Å². The zero-order chi connectivity index (χ0) is 25.1. The molecule has 0 radical (unpaired) electrons. The van der Waals surface area contributed by atoms with Crippen LogP contribution in [-0.2, 0) is 13.2 Å². The Morgan fingerprint density at radius 1 is 1.14 bits per heavy atom. The van der Waals surface area contributed by atoms with Crippen molar-refractivity contribution in [3.8, 4) is 5.75 Å². The molecule has 0 saturated carbocycles. The van der Waals surface area contributed by atoms with Crippen LogP contribution in [0.3, 0.4) is 0 Å². The van der Waals surface area contributed by atoms with Gasteiger partial charge in [0.25, 0.3) is 11.6 Å². The Labute approximate surface area is 221 Å². The third-order valence-electron chi connectivity index (χ3n) is 4.68. The summed E-state index contributed by atoms with van der Waals surface area (Å²) >= 11 is 21.6. The molecule has 0 aliphatic heterocycles. The molecule has 2 aromatic carbocycles. The number of nitro groups is 1. The SMILES string of the molecule is O=C(Nc1nn(Cc2ccc(Cl)cc2Cl)cc1Br)c1ccc(COc2ccc([N+](=O)[O-])cc2Cl)o1. The molecule has 0 saturated heterocycles.